The molecule has 2 rings (SSSR count). The number of nitrogens with one attached hydrogen (secondary N) is 1. The first-order chi connectivity index (χ1) is 9.88. The van der Waals surface area contributed by atoms with Crippen LogP contribution < -0.4 is 10.5 Å². The Morgan fingerprint density at radius 2 is 2.24 bits per heavy atom. The molecular weight excluding hydrogens is 328 g/mol. The lowest BCUT2D eigenvalue weighted by molar-refractivity contribution is 0.581. The van der Waals surface area contributed by atoms with Crippen LogP contribution >= 0.6 is 23.6 Å². The van der Waals surface area contributed by atoms with Gasteiger partial charge in [0.05, 0.1) is 16.4 Å². The highest BCUT2D eigenvalue weighted by molar-refractivity contribution is 7.89. The largest absolute Gasteiger partial charge is 0.388 e. The second-order valence-electron chi connectivity index (χ2n) is 4.25. The van der Waals surface area contributed by atoms with E-state index in [1.54, 1.807) is 11.3 Å². The van der Waals surface area contributed by atoms with Crippen molar-refractivity contribution < 1.29 is 8.42 Å². The van der Waals surface area contributed by atoms with E-state index in [4.69, 9.17) is 18.0 Å². The number of aromatic nitrogens is 2. The van der Waals surface area contributed by atoms with Crippen molar-refractivity contribution in [1.82, 2.24) is 14.7 Å². The summed E-state index contributed by atoms with van der Waals surface area (Å²) in [7, 11) is -3.59. The molecule has 21 heavy (non-hydrogen) atoms. The summed E-state index contributed by atoms with van der Waals surface area (Å²) in [5, 5.41) is 2.88. The summed E-state index contributed by atoms with van der Waals surface area (Å²) < 4.78 is 26.7. The molecule has 0 amide bonds. The number of sulfonamides is 1. The highest BCUT2D eigenvalue weighted by Crippen LogP contribution is 2.10. The molecule has 0 spiro atoms. The Kier molecular flexibility index (Phi) is 4.99. The van der Waals surface area contributed by atoms with E-state index in [0.717, 1.165) is 10.7 Å². The first-order valence-corrected chi connectivity index (χ1v) is 8.82. The van der Waals surface area contributed by atoms with Gasteiger partial charge in [0.25, 0.3) is 0 Å². The average Bonchev–Trinajstić information content (AvgIpc) is 2.84. The van der Waals surface area contributed by atoms with E-state index in [2.05, 4.69) is 14.7 Å². The maximum absolute atomic E-state index is 12.1. The summed E-state index contributed by atoms with van der Waals surface area (Å²) in [6.07, 6.45) is 1.78. The van der Waals surface area contributed by atoms with E-state index in [1.807, 2.05) is 12.3 Å². The van der Waals surface area contributed by atoms with Crippen molar-refractivity contribution >= 4 is 38.6 Å². The molecule has 0 aliphatic rings. The molecule has 0 saturated heterocycles. The summed E-state index contributed by atoms with van der Waals surface area (Å²) >= 11 is 6.31. The molecule has 0 aliphatic carbocycles. The van der Waals surface area contributed by atoms with Crippen LogP contribution in [0.3, 0.4) is 0 Å². The van der Waals surface area contributed by atoms with Gasteiger partial charge in [-0.1, -0.05) is 12.2 Å². The third kappa shape index (κ3) is 4.27. The van der Waals surface area contributed by atoms with E-state index in [9.17, 15) is 8.42 Å². The highest BCUT2D eigenvalue weighted by atomic mass is 32.2. The summed E-state index contributed by atoms with van der Waals surface area (Å²) in [4.78, 5) is 8.41. The van der Waals surface area contributed by atoms with Crippen LogP contribution in [-0.4, -0.2) is 29.9 Å². The molecule has 2 aromatic rings. The quantitative estimate of drug-likeness (QED) is 0.760. The third-order valence-electron chi connectivity index (χ3n) is 2.64. The molecular formula is C12H14N4O2S3. The zero-order chi connectivity index (χ0) is 15.5. The minimum atomic E-state index is -3.59. The Morgan fingerprint density at radius 3 is 2.76 bits per heavy atom. The number of nitrogens with zero attached hydrogens (tertiary/aromatic N) is 2. The lowest BCUT2D eigenvalue weighted by atomic mass is 10.3. The molecule has 0 aliphatic heterocycles. The molecule has 3 N–H and O–H groups in total. The number of hydrogen-bond donors (Lipinski definition) is 2. The van der Waals surface area contributed by atoms with Gasteiger partial charge in [-0.2, -0.15) is 0 Å². The lowest BCUT2D eigenvalue weighted by Gasteiger charge is -2.06. The number of pyridine rings is 1. The van der Waals surface area contributed by atoms with Crippen molar-refractivity contribution in [2.45, 2.75) is 18.2 Å². The van der Waals surface area contributed by atoms with Crippen LogP contribution in [0.25, 0.3) is 0 Å². The molecule has 9 heteroatoms. The van der Waals surface area contributed by atoms with Crippen LogP contribution in [0.4, 0.5) is 0 Å². The van der Waals surface area contributed by atoms with Crippen molar-refractivity contribution in [3.8, 4) is 0 Å². The fraction of sp³-hybridized carbons (Fsp3) is 0.250. The third-order valence-corrected chi connectivity index (χ3v) is 5.12. The Bertz CT molecular complexity index is 738. The van der Waals surface area contributed by atoms with E-state index in [0.29, 0.717) is 12.1 Å². The lowest BCUT2D eigenvalue weighted by Crippen LogP contribution is -2.26. The van der Waals surface area contributed by atoms with Gasteiger partial charge in [-0.3, -0.25) is 4.98 Å². The Hall–Kier alpha value is -1.42. The van der Waals surface area contributed by atoms with Crippen LogP contribution in [0.15, 0.2) is 28.6 Å². The summed E-state index contributed by atoms with van der Waals surface area (Å²) in [6.45, 7) is 2.19. The smallest absolute Gasteiger partial charge is 0.242 e. The van der Waals surface area contributed by atoms with Gasteiger partial charge < -0.3 is 5.73 Å². The fourth-order valence-electron chi connectivity index (χ4n) is 1.60. The number of rotatable bonds is 6. The molecule has 6 nitrogen and oxygen atoms in total. The predicted molar refractivity (Wildman–Crippen MR) is 85.9 cm³/mol. The first-order valence-electron chi connectivity index (χ1n) is 6.05. The molecule has 0 saturated carbocycles. The summed E-state index contributed by atoms with van der Waals surface area (Å²) in [5.74, 6) is 0. The molecule has 0 aromatic carbocycles. The fourth-order valence-corrected chi connectivity index (χ4v) is 3.35. The van der Waals surface area contributed by atoms with E-state index >= 15 is 0 Å². The monoisotopic (exact) mass is 342 g/mol. The molecule has 112 valence electrons. The molecule has 0 fully saturated rings. The van der Waals surface area contributed by atoms with E-state index in [-0.39, 0.29) is 16.4 Å². The second kappa shape index (κ2) is 6.56. The summed E-state index contributed by atoms with van der Waals surface area (Å²) in [6, 6.07) is 2.91. The van der Waals surface area contributed by atoms with Gasteiger partial charge in [0.1, 0.15) is 9.88 Å². The molecule has 2 aromatic heterocycles. The van der Waals surface area contributed by atoms with Gasteiger partial charge in [-0.05, 0) is 19.1 Å². The molecule has 0 atom stereocenters. The Labute approximate surface area is 132 Å². The minimum absolute atomic E-state index is 0.0805. The van der Waals surface area contributed by atoms with Gasteiger partial charge in [-0.25, -0.2) is 18.1 Å². The molecule has 0 unspecified atom stereocenters. The van der Waals surface area contributed by atoms with Crippen LogP contribution in [0, 0.1) is 6.92 Å². The topological polar surface area (TPSA) is 98.0 Å². The molecule has 2 heterocycles. The number of nitrogens with two attached hydrogens (primary N) is 1. The van der Waals surface area contributed by atoms with Gasteiger partial charge in [-0.15, -0.1) is 11.3 Å². The van der Waals surface area contributed by atoms with Crippen LogP contribution in [0.5, 0.6) is 0 Å². The Morgan fingerprint density at radius 1 is 1.48 bits per heavy atom. The second-order valence-corrected chi connectivity index (χ2v) is 7.52. The van der Waals surface area contributed by atoms with E-state index < -0.39 is 10.0 Å². The van der Waals surface area contributed by atoms with Crippen LogP contribution in [0.1, 0.15) is 16.4 Å². The van der Waals surface area contributed by atoms with Gasteiger partial charge in [0.15, 0.2) is 0 Å². The minimum Gasteiger partial charge on any atom is -0.388 e. The van der Waals surface area contributed by atoms with E-state index in [1.165, 1.54) is 18.3 Å². The van der Waals surface area contributed by atoms with Crippen molar-refractivity contribution in [1.29, 1.82) is 0 Å². The molecule has 0 radical (unpaired) electrons. The number of thiazole rings is 1. The first kappa shape index (κ1) is 16.0. The van der Waals surface area contributed by atoms with Crippen molar-refractivity contribution in [2.24, 2.45) is 5.73 Å². The maximum Gasteiger partial charge on any atom is 0.242 e. The normalized spacial score (nSPS) is 11.5. The zero-order valence-corrected chi connectivity index (χ0v) is 13.7. The van der Waals surface area contributed by atoms with Gasteiger partial charge in [0, 0.05) is 24.5 Å². The number of aryl methyl sites for hydroxylation is 1. The van der Waals surface area contributed by atoms with Crippen LogP contribution in [0.2, 0.25) is 0 Å². The number of hydrogen-bond acceptors (Lipinski definition) is 6. The SMILES string of the molecule is Cc1nc(CCNS(=O)(=O)c2ccc(C(N)=S)nc2)cs1. The molecule has 0 bridgehead atoms. The van der Waals surface area contributed by atoms with Gasteiger partial charge in [0.2, 0.25) is 10.0 Å². The van der Waals surface area contributed by atoms with Crippen molar-refractivity contribution in [2.75, 3.05) is 6.54 Å². The zero-order valence-electron chi connectivity index (χ0n) is 11.2. The number of thiocarbonyl (C=S) groups is 1. The van der Waals surface area contributed by atoms with Crippen molar-refractivity contribution in [3.63, 3.8) is 0 Å². The van der Waals surface area contributed by atoms with Crippen LogP contribution in [-0.2, 0) is 16.4 Å². The highest BCUT2D eigenvalue weighted by Gasteiger charge is 2.14. The standard InChI is InChI=1S/C12H14N4O2S3/c1-8-16-9(7-20-8)4-5-15-21(17,18)10-2-3-11(12(13)19)14-6-10/h2-3,6-7,15H,4-5H2,1H3,(H2,13,19). The predicted octanol–water partition coefficient (Wildman–Crippen LogP) is 1.00. The van der Waals surface area contributed by atoms with Crippen molar-refractivity contribution in [3.05, 3.63) is 40.1 Å². The Balaban J connectivity index is 1.99. The average molecular weight is 342 g/mol. The maximum atomic E-state index is 12.1. The van der Waals surface area contributed by atoms with Gasteiger partial charge >= 0.3 is 0 Å². The summed E-state index contributed by atoms with van der Waals surface area (Å²) in [5.41, 5.74) is 6.69.